The first-order valence-corrected chi connectivity index (χ1v) is 7.32. The van der Waals surface area contributed by atoms with Crippen LogP contribution in [0.4, 0.5) is 0 Å². The van der Waals surface area contributed by atoms with E-state index in [2.05, 4.69) is 15.0 Å². The molecular weight excluding hydrogens is 286 g/mol. The minimum Gasteiger partial charge on any atom is -0.466 e. The molecule has 0 aliphatic carbocycles. The molecule has 1 aliphatic rings. The Morgan fingerprint density at radius 3 is 3.09 bits per heavy atom. The van der Waals surface area contributed by atoms with Gasteiger partial charge >= 0.3 is 5.97 Å². The number of nitrogens with one attached hydrogen (secondary N) is 1. The summed E-state index contributed by atoms with van der Waals surface area (Å²) in [5.74, 6) is -0.493. The Morgan fingerprint density at radius 1 is 1.50 bits per heavy atom. The smallest absolute Gasteiger partial charge is 0.330 e. The van der Waals surface area contributed by atoms with E-state index >= 15 is 0 Å². The van der Waals surface area contributed by atoms with Crippen LogP contribution in [0.3, 0.4) is 0 Å². The van der Waals surface area contributed by atoms with E-state index in [1.165, 1.54) is 13.2 Å². The third-order valence-corrected chi connectivity index (χ3v) is 3.44. The average Bonchev–Trinajstić information content (AvgIpc) is 3.18. The zero-order chi connectivity index (χ0) is 15.8. The second kappa shape index (κ2) is 8.33. The lowest BCUT2D eigenvalue weighted by Gasteiger charge is -2.14. The largest absolute Gasteiger partial charge is 0.466 e. The molecule has 0 saturated carbocycles. The molecule has 0 unspecified atom stereocenters. The Bertz CT molecular complexity index is 513. The minimum absolute atomic E-state index is 0.0455. The fraction of sp³-hybridized carbons (Fsp3) is 0.533. The molecule has 0 bridgehead atoms. The molecule has 1 saturated heterocycles. The maximum absolute atomic E-state index is 12.0. The van der Waals surface area contributed by atoms with Crippen LogP contribution in [-0.4, -0.2) is 47.3 Å². The number of methoxy groups -OCH3 is 1. The first-order valence-electron chi connectivity index (χ1n) is 7.32. The number of carbonyl (C=O) groups excluding carboxylic acids is 2. The number of hydrogen-bond donors (Lipinski definition) is 1. The third-order valence-electron chi connectivity index (χ3n) is 3.44. The molecular formula is C15H21N3O4. The summed E-state index contributed by atoms with van der Waals surface area (Å²) in [6.07, 6.45) is 10.2. The molecule has 1 aromatic rings. The predicted molar refractivity (Wildman–Crippen MR) is 78.9 cm³/mol. The summed E-state index contributed by atoms with van der Waals surface area (Å²) in [5.41, 5.74) is 0. The van der Waals surface area contributed by atoms with Crippen molar-refractivity contribution in [1.82, 2.24) is 14.9 Å². The van der Waals surface area contributed by atoms with Gasteiger partial charge in [0.1, 0.15) is 6.10 Å². The van der Waals surface area contributed by atoms with E-state index in [1.807, 2.05) is 10.8 Å². The SMILES string of the molecule is COC(=O)/C=C/CCNC(=O)[C@@H]1CC[C@H](Cn2ccnc2)O1. The van der Waals surface area contributed by atoms with Crippen molar-refractivity contribution in [2.75, 3.05) is 13.7 Å². The van der Waals surface area contributed by atoms with Crippen LogP contribution in [0.1, 0.15) is 19.3 Å². The fourth-order valence-electron chi connectivity index (χ4n) is 2.30. The van der Waals surface area contributed by atoms with E-state index in [4.69, 9.17) is 4.74 Å². The summed E-state index contributed by atoms with van der Waals surface area (Å²) < 4.78 is 12.2. The summed E-state index contributed by atoms with van der Waals surface area (Å²) in [7, 11) is 1.33. The summed E-state index contributed by atoms with van der Waals surface area (Å²) >= 11 is 0. The number of amides is 1. The molecule has 1 fully saturated rings. The van der Waals surface area contributed by atoms with Gasteiger partial charge in [0.05, 0.1) is 19.5 Å². The topological polar surface area (TPSA) is 82.5 Å². The molecule has 7 heteroatoms. The minimum atomic E-state index is -0.396. The quantitative estimate of drug-likeness (QED) is 0.455. The zero-order valence-corrected chi connectivity index (χ0v) is 12.6. The summed E-state index contributed by atoms with van der Waals surface area (Å²) in [6, 6.07) is 0. The Balaban J connectivity index is 1.64. The van der Waals surface area contributed by atoms with Gasteiger partial charge in [-0.05, 0) is 19.3 Å². The maximum Gasteiger partial charge on any atom is 0.330 e. The van der Waals surface area contributed by atoms with Gasteiger partial charge in [-0.3, -0.25) is 4.79 Å². The van der Waals surface area contributed by atoms with Crippen molar-refractivity contribution < 1.29 is 19.1 Å². The highest BCUT2D eigenvalue weighted by atomic mass is 16.5. The Morgan fingerprint density at radius 2 is 2.36 bits per heavy atom. The third kappa shape index (κ3) is 5.00. The van der Waals surface area contributed by atoms with Crippen molar-refractivity contribution in [2.45, 2.75) is 38.0 Å². The van der Waals surface area contributed by atoms with Crippen molar-refractivity contribution in [3.05, 3.63) is 30.9 Å². The van der Waals surface area contributed by atoms with Crippen LogP contribution in [0.25, 0.3) is 0 Å². The van der Waals surface area contributed by atoms with Crippen LogP contribution in [0.15, 0.2) is 30.9 Å². The molecule has 22 heavy (non-hydrogen) atoms. The molecule has 120 valence electrons. The van der Waals surface area contributed by atoms with Gasteiger partial charge in [-0.2, -0.15) is 0 Å². The zero-order valence-electron chi connectivity index (χ0n) is 12.6. The van der Waals surface area contributed by atoms with Crippen LogP contribution in [0.2, 0.25) is 0 Å². The summed E-state index contributed by atoms with van der Waals surface area (Å²) in [4.78, 5) is 26.8. The first kappa shape index (κ1) is 16.2. The van der Waals surface area contributed by atoms with Crippen LogP contribution in [0.5, 0.6) is 0 Å². The van der Waals surface area contributed by atoms with Gasteiger partial charge in [-0.15, -0.1) is 0 Å². The highest BCUT2D eigenvalue weighted by Crippen LogP contribution is 2.21. The first-order chi connectivity index (χ1) is 10.7. The van der Waals surface area contributed by atoms with Crippen LogP contribution in [-0.2, 0) is 25.6 Å². The molecule has 0 spiro atoms. The number of imidazole rings is 1. The van der Waals surface area contributed by atoms with Gasteiger partial charge in [0.15, 0.2) is 0 Å². The number of hydrogen-bond acceptors (Lipinski definition) is 5. The lowest BCUT2D eigenvalue weighted by Crippen LogP contribution is -2.35. The Hall–Kier alpha value is -2.15. The van der Waals surface area contributed by atoms with Crippen molar-refractivity contribution in [1.29, 1.82) is 0 Å². The van der Waals surface area contributed by atoms with Crippen LogP contribution < -0.4 is 5.32 Å². The molecule has 1 N–H and O–H groups in total. The van der Waals surface area contributed by atoms with Gasteiger partial charge in [0, 0.05) is 31.6 Å². The number of aromatic nitrogens is 2. The second-order valence-corrected chi connectivity index (χ2v) is 5.09. The molecule has 0 aromatic carbocycles. The van der Waals surface area contributed by atoms with E-state index in [1.54, 1.807) is 18.6 Å². The van der Waals surface area contributed by atoms with Crippen molar-refractivity contribution >= 4 is 11.9 Å². The molecule has 2 atom stereocenters. The van der Waals surface area contributed by atoms with Gasteiger partial charge in [-0.25, -0.2) is 9.78 Å². The molecule has 0 radical (unpaired) electrons. The fourth-order valence-corrected chi connectivity index (χ4v) is 2.30. The Labute approximate surface area is 129 Å². The van der Waals surface area contributed by atoms with E-state index in [9.17, 15) is 9.59 Å². The second-order valence-electron chi connectivity index (χ2n) is 5.09. The maximum atomic E-state index is 12.0. The molecule has 1 amide bonds. The number of nitrogens with zero attached hydrogens (tertiary/aromatic N) is 2. The van der Waals surface area contributed by atoms with Crippen molar-refractivity contribution in [2.24, 2.45) is 0 Å². The van der Waals surface area contributed by atoms with Gasteiger partial charge in [0.2, 0.25) is 5.91 Å². The van der Waals surface area contributed by atoms with E-state index < -0.39 is 12.1 Å². The standard InChI is InChI=1S/C15H21N3O4/c1-21-14(19)4-2-3-7-17-15(20)13-6-5-12(22-13)10-18-9-8-16-11-18/h2,4,8-9,11-13H,3,5-7,10H2,1H3,(H,17,20)/b4-2+/t12-,13+/m1/s1. The van der Waals surface area contributed by atoms with Crippen molar-refractivity contribution in [3.63, 3.8) is 0 Å². The molecule has 1 aliphatic heterocycles. The van der Waals surface area contributed by atoms with Gasteiger partial charge < -0.3 is 19.4 Å². The molecule has 2 heterocycles. The Kier molecular flexibility index (Phi) is 6.14. The lowest BCUT2D eigenvalue weighted by molar-refractivity contribution is -0.134. The monoisotopic (exact) mass is 307 g/mol. The highest BCUT2D eigenvalue weighted by molar-refractivity contribution is 5.82. The van der Waals surface area contributed by atoms with E-state index in [-0.39, 0.29) is 12.0 Å². The lowest BCUT2D eigenvalue weighted by atomic mass is 10.2. The molecule has 7 nitrogen and oxygen atoms in total. The molecule has 1 aromatic heterocycles. The molecule has 2 rings (SSSR count). The van der Waals surface area contributed by atoms with Crippen LogP contribution >= 0.6 is 0 Å². The number of esters is 1. The van der Waals surface area contributed by atoms with E-state index in [0.717, 1.165) is 12.8 Å². The van der Waals surface area contributed by atoms with Crippen molar-refractivity contribution in [3.8, 4) is 0 Å². The summed E-state index contributed by atoms with van der Waals surface area (Å²) in [6.45, 7) is 1.18. The highest BCUT2D eigenvalue weighted by Gasteiger charge is 2.30. The van der Waals surface area contributed by atoms with Gasteiger partial charge in [0.25, 0.3) is 0 Å². The number of rotatable bonds is 7. The summed E-state index contributed by atoms with van der Waals surface area (Å²) in [5, 5.41) is 2.81. The predicted octanol–water partition coefficient (Wildman–Crippen LogP) is 0.666. The normalized spacial score (nSPS) is 21.1. The van der Waals surface area contributed by atoms with E-state index in [0.29, 0.717) is 19.5 Å². The number of carbonyl (C=O) groups is 2. The van der Waals surface area contributed by atoms with Gasteiger partial charge in [-0.1, -0.05) is 6.08 Å². The number of ether oxygens (including phenoxy) is 2. The van der Waals surface area contributed by atoms with Crippen LogP contribution in [0, 0.1) is 0 Å². The average molecular weight is 307 g/mol.